The summed E-state index contributed by atoms with van der Waals surface area (Å²) in [7, 11) is 1.68. The molecule has 0 amide bonds. The van der Waals surface area contributed by atoms with E-state index in [-0.39, 0.29) is 12.2 Å². The maximum absolute atomic E-state index is 6.52. The van der Waals surface area contributed by atoms with Gasteiger partial charge in [0.25, 0.3) is 0 Å². The van der Waals surface area contributed by atoms with Crippen LogP contribution in [0.25, 0.3) is 10.9 Å². The number of nitrogens with zero attached hydrogens (tertiary/aromatic N) is 2. The summed E-state index contributed by atoms with van der Waals surface area (Å²) in [4.78, 5) is 7.78. The Morgan fingerprint density at radius 1 is 1.08 bits per heavy atom. The third kappa shape index (κ3) is 3.08. The van der Waals surface area contributed by atoms with Crippen molar-refractivity contribution < 1.29 is 9.57 Å². The Labute approximate surface area is 153 Å². The van der Waals surface area contributed by atoms with E-state index < -0.39 is 0 Å². The van der Waals surface area contributed by atoms with Crippen molar-refractivity contribution in [1.29, 1.82) is 0 Å². The zero-order valence-electron chi connectivity index (χ0n) is 14.8. The summed E-state index contributed by atoms with van der Waals surface area (Å²) in [6, 6.07) is 18.6. The number of hydrogen-bond acceptors (Lipinski definition) is 3. The SMILES string of the molecule is C#CCN1C[C@@H](c2cn(OC)c3ccccc23)O[C@@H](c2ccccc2)C1. The molecule has 0 saturated carbocycles. The van der Waals surface area contributed by atoms with E-state index in [1.54, 1.807) is 11.8 Å². The topological polar surface area (TPSA) is 26.6 Å². The van der Waals surface area contributed by atoms with Crippen LogP contribution in [0.5, 0.6) is 0 Å². The van der Waals surface area contributed by atoms with Crippen LogP contribution < -0.4 is 4.84 Å². The Hall–Kier alpha value is -2.74. The Bertz CT molecular complexity index is 926. The van der Waals surface area contributed by atoms with Crippen molar-refractivity contribution in [3.8, 4) is 12.3 Å². The number of benzene rings is 2. The molecule has 3 aromatic rings. The lowest BCUT2D eigenvalue weighted by Gasteiger charge is -2.37. The highest BCUT2D eigenvalue weighted by Crippen LogP contribution is 2.36. The predicted molar refractivity (Wildman–Crippen MR) is 103 cm³/mol. The smallest absolute Gasteiger partial charge is 0.104 e. The summed E-state index contributed by atoms with van der Waals surface area (Å²) in [5.41, 5.74) is 3.35. The number of para-hydroxylation sites is 1. The first-order valence-corrected chi connectivity index (χ1v) is 8.81. The second kappa shape index (κ2) is 7.25. The van der Waals surface area contributed by atoms with Gasteiger partial charge in [-0.2, -0.15) is 4.73 Å². The predicted octanol–water partition coefficient (Wildman–Crippen LogP) is 3.45. The lowest BCUT2D eigenvalue weighted by Crippen LogP contribution is -2.40. The quantitative estimate of drug-likeness (QED) is 0.677. The van der Waals surface area contributed by atoms with Crippen LogP contribution >= 0.6 is 0 Å². The maximum Gasteiger partial charge on any atom is 0.104 e. The molecule has 0 bridgehead atoms. The van der Waals surface area contributed by atoms with E-state index in [1.807, 2.05) is 36.5 Å². The zero-order valence-corrected chi connectivity index (χ0v) is 14.8. The Kier molecular flexibility index (Phi) is 4.66. The molecule has 2 atom stereocenters. The first-order chi connectivity index (χ1) is 12.8. The molecule has 0 aliphatic carbocycles. The van der Waals surface area contributed by atoms with E-state index in [4.69, 9.17) is 16.0 Å². The fraction of sp³-hybridized carbons (Fsp3) is 0.273. The largest absolute Gasteiger partial charge is 0.417 e. The molecular weight excluding hydrogens is 324 g/mol. The molecule has 1 aliphatic heterocycles. The summed E-state index contributed by atoms with van der Waals surface area (Å²) in [6.45, 7) is 2.19. The molecule has 1 saturated heterocycles. The van der Waals surface area contributed by atoms with Gasteiger partial charge >= 0.3 is 0 Å². The van der Waals surface area contributed by atoms with Crippen molar-refractivity contribution in [2.45, 2.75) is 12.2 Å². The van der Waals surface area contributed by atoms with Crippen LogP contribution in [-0.2, 0) is 4.74 Å². The number of fused-ring (bicyclic) bond motifs is 1. The molecule has 26 heavy (non-hydrogen) atoms. The molecule has 2 aromatic carbocycles. The van der Waals surface area contributed by atoms with Crippen LogP contribution in [-0.4, -0.2) is 36.4 Å². The van der Waals surface area contributed by atoms with Gasteiger partial charge in [0.05, 0.1) is 30.5 Å². The zero-order chi connectivity index (χ0) is 17.9. The van der Waals surface area contributed by atoms with E-state index in [0.717, 1.165) is 29.6 Å². The van der Waals surface area contributed by atoms with Crippen LogP contribution in [0.1, 0.15) is 23.3 Å². The Morgan fingerprint density at radius 3 is 2.58 bits per heavy atom. The fourth-order valence-corrected chi connectivity index (χ4v) is 3.69. The number of ether oxygens (including phenoxy) is 1. The highest BCUT2D eigenvalue weighted by atomic mass is 16.6. The number of terminal acetylenes is 1. The Morgan fingerprint density at radius 2 is 1.81 bits per heavy atom. The highest BCUT2D eigenvalue weighted by molar-refractivity contribution is 5.84. The highest BCUT2D eigenvalue weighted by Gasteiger charge is 2.31. The molecular formula is C22H22N2O2. The molecule has 1 fully saturated rings. The van der Waals surface area contributed by atoms with Gasteiger partial charge in [-0.1, -0.05) is 54.5 Å². The van der Waals surface area contributed by atoms with Gasteiger partial charge in [-0.3, -0.25) is 4.90 Å². The molecule has 1 aromatic heterocycles. The van der Waals surface area contributed by atoms with Crippen molar-refractivity contribution >= 4 is 10.9 Å². The second-order valence-electron chi connectivity index (χ2n) is 6.53. The minimum Gasteiger partial charge on any atom is -0.417 e. The van der Waals surface area contributed by atoms with E-state index in [0.29, 0.717) is 6.54 Å². The summed E-state index contributed by atoms with van der Waals surface area (Å²) < 4.78 is 8.32. The fourth-order valence-electron chi connectivity index (χ4n) is 3.69. The first-order valence-electron chi connectivity index (χ1n) is 8.81. The molecule has 0 unspecified atom stereocenters. The number of aromatic nitrogens is 1. The third-order valence-corrected chi connectivity index (χ3v) is 4.92. The van der Waals surface area contributed by atoms with Gasteiger partial charge in [-0.15, -0.1) is 6.42 Å². The van der Waals surface area contributed by atoms with Gasteiger partial charge in [-0.25, -0.2) is 0 Å². The minimum atomic E-state index is -0.0661. The number of hydrogen-bond donors (Lipinski definition) is 0. The van der Waals surface area contributed by atoms with E-state index in [9.17, 15) is 0 Å². The standard InChI is InChI=1S/C22H22N2O2/c1-3-13-23-15-21(17-9-5-4-6-10-17)26-22(16-23)19-14-24(25-2)20-12-8-7-11-18(19)20/h1,4-12,14,21-22H,13,15-16H2,2H3/t21-,22+/m1/s1. The molecule has 0 radical (unpaired) electrons. The number of morpholine rings is 1. The van der Waals surface area contributed by atoms with Crippen molar-refractivity contribution in [3.63, 3.8) is 0 Å². The normalized spacial score (nSPS) is 20.8. The van der Waals surface area contributed by atoms with Crippen LogP contribution in [0, 0.1) is 12.3 Å². The molecule has 0 spiro atoms. The molecule has 4 nitrogen and oxygen atoms in total. The van der Waals surface area contributed by atoms with Crippen LogP contribution in [0.2, 0.25) is 0 Å². The van der Waals surface area contributed by atoms with Crippen LogP contribution in [0.15, 0.2) is 60.8 Å². The van der Waals surface area contributed by atoms with Crippen molar-refractivity contribution in [1.82, 2.24) is 9.63 Å². The van der Waals surface area contributed by atoms with E-state index in [2.05, 4.69) is 35.1 Å². The lowest BCUT2D eigenvalue weighted by molar-refractivity contribution is -0.0858. The second-order valence-corrected chi connectivity index (χ2v) is 6.53. The van der Waals surface area contributed by atoms with Crippen LogP contribution in [0.3, 0.4) is 0 Å². The van der Waals surface area contributed by atoms with Crippen molar-refractivity contribution in [2.24, 2.45) is 0 Å². The van der Waals surface area contributed by atoms with Gasteiger partial charge in [0.1, 0.15) is 7.11 Å². The first kappa shape index (κ1) is 16.7. The molecule has 1 aliphatic rings. The van der Waals surface area contributed by atoms with Gasteiger partial charge < -0.3 is 9.57 Å². The molecule has 0 N–H and O–H groups in total. The number of rotatable bonds is 4. The lowest BCUT2D eigenvalue weighted by atomic mass is 10.0. The monoisotopic (exact) mass is 346 g/mol. The molecule has 4 rings (SSSR count). The molecule has 4 heteroatoms. The molecule has 132 valence electrons. The summed E-state index contributed by atoms with van der Waals surface area (Å²) in [5, 5.41) is 1.15. The van der Waals surface area contributed by atoms with Crippen molar-refractivity contribution in [2.75, 3.05) is 26.7 Å². The summed E-state index contributed by atoms with van der Waals surface area (Å²) >= 11 is 0. The maximum atomic E-state index is 6.52. The van der Waals surface area contributed by atoms with Gasteiger partial charge in [0.15, 0.2) is 0 Å². The summed E-state index contributed by atoms with van der Waals surface area (Å²) in [5.74, 6) is 2.78. The third-order valence-electron chi connectivity index (χ3n) is 4.92. The van der Waals surface area contributed by atoms with Gasteiger partial charge in [0, 0.05) is 24.0 Å². The summed E-state index contributed by atoms with van der Waals surface area (Å²) in [6.07, 6.45) is 7.54. The van der Waals surface area contributed by atoms with Crippen LogP contribution in [0.4, 0.5) is 0 Å². The molecule has 2 heterocycles. The van der Waals surface area contributed by atoms with E-state index in [1.165, 1.54) is 5.56 Å². The minimum absolute atomic E-state index is 0.00652. The average molecular weight is 346 g/mol. The van der Waals surface area contributed by atoms with Gasteiger partial charge in [0.2, 0.25) is 0 Å². The average Bonchev–Trinajstić information content (AvgIpc) is 3.08. The van der Waals surface area contributed by atoms with Crippen molar-refractivity contribution in [3.05, 3.63) is 71.9 Å². The Balaban J connectivity index is 1.72. The van der Waals surface area contributed by atoms with Gasteiger partial charge in [-0.05, 0) is 11.6 Å². The van der Waals surface area contributed by atoms with E-state index >= 15 is 0 Å².